The van der Waals surface area contributed by atoms with Gasteiger partial charge in [0.2, 0.25) is 0 Å². The fraction of sp³-hybridized carbons (Fsp3) is 0.448. The molecule has 3 aliphatic heterocycles. The average Bonchev–Trinajstić information content (AvgIpc) is 3.30. The second kappa shape index (κ2) is 10.6. The minimum absolute atomic E-state index is 0.105. The van der Waals surface area contributed by atoms with Crippen LogP contribution in [0.5, 0.6) is 5.75 Å². The third-order valence-electron chi connectivity index (χ3n) is 8.45. The van der Waals surface area contributed by atoms with Crippen LogP contribution in [0.15, 0.2) is 29.1 Å². The number of likely N-dealkylation sites (tertiary alicyclic amines) is 1. The molecular formula is C29H34N4O7. The fourth-order valence-electron chi connectivity index (χ4n) is 6.08. The summed E-state index contributed by atoms with van der Waals surface area (Å²) in [4.78, 5) is 43.7. The highest BCUT2D eigenvalue weighted by molar-refractivity contribution is 5.89. The lowest BCUT2D eigenvalue weighted by molar-refractivity contribution is -0.172. The van der Waals surface area contributed by atoms with Crippen LogP contribution in [0.2, 0.25) is 0 Å². The number of benzene rings is 1. The Hall–Kier alpha value is -3.80. The molecule has 1 fully saturated rings. The smallest absolute Gasteiger partial charge is 0.343 e. The van der Waals surface area contributed by atoms with E-state index in [1.165, 1.54) is 0 Å². The molecule has 11 heteroatoms. The van der Waals surface area contributed by atoms with Crippen LogP contribution in [0.4, 0.5) is 0 Å². The molecule has 1 aromatic carbocycles. The molecule has 0 aliphatic carbocycles. The molecule has 40 heavy (non-hydrogen) atoms. The van der Waals surface area contributed by atoms with Crippen LogP contribution in [-0.4, -0.2) is 80.3 Å². The van der Waals surface area contributed by atoms with Crippen molar-refractivity contribution in [2.24, 2.45) is 0 Å². The van der Waals surface area contributed by atoms with Crippen molar-refractivity contribution in [1.82, 2.24) is 19.4 Å². The number of hydrogen-bond acceptors (Lipinski definition) is 9. The van der Waals surface area contributed by atoms with Gasteiger partial charge in [-0.15, -0.1) is 0 Å². The van der Waals surface area contributed by atoms with Gasteiger partial charge in [0.15, 0.2) is 5.60 Å². The van der Waals surface area contributed by atoms with Gasteiger partial charge in [0, 0.05) is 34.7 Å². The van der Waals surface area contributed by atoms with Gasteiger partial charge in [-0.3, -0.25) is 14.5 Å². The number of carbonyl (C=O) groups excluding carboxylic acids is 1. The number of phenolic OH excluding ortho intramolecular Hbond substituents is 1. The Kier molecular flexibility index (Phi) is 7.38. The number of aromatic hydroxyl groups is 1. The second-order valence-electron chi connectivity index (χ2n) is 10.8. The number of aromatic nitrogens is 2. The van der Waals surface area contributed by atoms with Crippen molar-refractivity contribution in [2.45, 2.75) is 57.5 Å². The molecule has 0 saturated carbocycles. The molecule has 2 aromatic heterocycles. The van der Waals surface area contributed by atoms with Crippen LogP contribution in [0.3, 0.4) is 0 Å². The number of ether oxygens (including phenoxy) is 1. The lowest BCUT2D eigenvalue weighted by Gasteiger charge is -2.35. The maximum absolute atomic E-state index is 13.4. The van der Waals surface area contributed by atoms with Crippen LogP contribution in [0.1, 0.15) is 48.4 Å². The highest BCUT2D eigenvalue weighted by Gasteiger charge is 2.45. The average molecular weight is 551 g/mol. The number of fused-ring (bicyclic) bond motifs is 5. The van der Waals surface area contributed by atoms with Crippen LogP contribution >= 0.6 is 0 Å². The summed E-state index contributed by atoms with van der Waals surface area (Å²) in [6.45, 7) is 4.19. The van der Waals surface area contributed by atoms with Gasteiger partial charge in [-0.2, -0.15) is 0 Å². The topological polar surface area (TPSA) is 145 Å². The summed E-state index contributed by atoms with van der Waals surface area (Å²) in [6, 6.07) is 7.81. The zero-order chi connectivity index (χ0) is 28.8. The normalized spacial score (nSPS) is 20.4. The Morgan fingerprint density at radius 1 is 1.20 bits per heavy atom. The lowest BCUT2D eigenvalue weighted by atomic mass is 9.86. The molecule has 3 aliphatic rings. The van der Waals surface area contributed by atoms with Gasteiger partial charge in [0.1, 0.15) is 12.4 Å². The Bertz CT molecular complexity index is 1540. The first-order chi connectivity index (χ1) is 19.1. The first-order valence-electron chi connectivity index (χ1n) is 13.4. The predicted molar refractivity (Wildman–Crippen MR) is 147 cm³/mol. The maximum Gasteiger partial charge on any atom is 0.343 e. The van der Waals surface area contributed by atoms with E-state index in [1.807, 2.05) is 6.07 Å². The summed E-state index contributed by atoms with van der Waals surface area (Å²) in [5.41, 5.74) is 2.20. The molecule has 5 heterocycles. The highest BCUT2D eigenvalue weighted by atomic mass is 16.6. The number of hydrogen-bond donors (Lipinski definition) is 3. The molecule has 1 saturated heterocycles. The molecule has 0 unspecified atom stereocenters. The predicted octanol–water partition coefficient (Wildman–Crippen LogP) is 2.01. The Balaban J connectivity index is 0.00000103. The first kappa shape index (κ1) is 27.8. The van der Waals surface area contributed by atoms with Crippen LogP contribution < -0.4 is 5.56 Å². The van der Waals surface area contributed by atoms with E-state index in [4.69, 9.17) is 19.6 Å². The van der Waals surface area contributed by atoms with Gasteiger partial charge < -0.3 is 29.5 Å². The minimum Gasteiger partial charge on any atom is -0.508 e. The zero-order valence-corrected chi connectivity index (χ0v) is 22.9. The number of piperidine rings is 1. The van der Waals surface area contributed by atoms with Gasteiger partial charge in [-0.05, 0) is 70.7 Å². The van der Waals surface area contributed by atoms with Crippen molar-refractivity contribution in [1.29, 1.82) is 0 Å². The molecule has 212 valence electrons. The second-order valence-corrected chi connectivity index (χ2v) is 10.8. The van der Waals surface area contributed by atoms with E-state index >= 15 is 0 Å². The summed E-state index contributed by atoms with van der Waals surface area (Å²) >= 11 is 0. The number of pyridine rings is 2. The molecule has 0 bridgehead atoms. The van der Waals surface area contributed by atoms with E-state index in [2.05, 4.69) is 23.9 Å². The van der Waals surface area contributed by atoms with E-state index < -0.39 is 11.6 Å². The van der Waals surface area contributed by atoms with Crippen LogP contribution in [0.25, 0.3) is 22.3 Å². The SMILES string of the molecule is CC[C@@]1(O)C(=O)OCc2c1cc1n(c2=O)Cc2cc3c(CN4CCC(N(C)C)CC4)c(O)ccc3nc2-1.O=CO. The molecule has 3 aromatic rings. The summed E-state index contributed by atoms with van der Waals surface area (Å²) in [5.74, 6) is -0.484. The monoisotopic (exact) mass is 550 g/mol. The standard InChI is InChI=1S/C28H32N4O5.CH2O2/c1-4-28(36)21-12-23-25-16(13-32(23)26(34)20(21)15-37-27(28)35)11-18-19(24(33)6-5-22(18)29-25)14-31-9-7-17(8-10-31)30(2)3;2-1-3/h5-6,11-12,17,33,36H,4,7-10,13-15H2,1-3H3;1H,(H,2,3)/t28-;/m0./s1. The molecule has 11 nitrogen and oxygen atoms in total. The Morgan fingerprint density at radius 2 is 1.90 bits per heavy atom. The lowest BCUT2D eigenvalue weighted by Crippen LogP contribution is -2.44. The minimum atomic E-state index is -1.85. The van der Waals surface area contributed by atoms with Gasteiger partial charge in [0.25, 0.3) is 12.0 Å². The number of nitrogens with zero attached hydrogens (tertiary/aromatic N) is 4. The Morgan fingerprint density at radius 3 is 2.55 bits per heavy atom. The molecule has 0 radical (unpaired) electrons. The Labute approximate surface area is 231 Å². The van der Waals surface area contributed by atoms with Crippen molar-refractivity contribution in [2.75, 3.05) is 27.2 Å². The molecule has 3 N–H and O–H groups in total. The summed E-state index contributed by atoms with van der Waals surface area (Å²) in [5, 5.41) is 29.6. The van der Waals surface area contributed by atoms with Crippen LogP contribution in [0, 0.1) is 0 Å². The van der Waals surface area contributed by atoms with Crippen molar-refractivity contribution in [3.63, 3.8) is 0 Å². The highest BCUT2D eigenvalue weighted by Crippen LogP contribution is 2.40. The van der Waals surface area contributed by atoms with Crippen molar-refractivity contribution < 1.29 is 29.6 Å². The van der Waals surface area contributed by atoms with Gasteiger partial charge >= 0.3 is 5.97 Å². The number of esters is 1. The van der Waals surface area contributed by atoms with E-state index in [0.29, 0.717) is 41.6 Å². The number of rotatable bonds is 4. The van der Waals surface area contributed by atoms with E-state index in [-0.39, 0.29) is 30.8 Å². The molecule has 0 spiro atoms. The molecule has 6 rings (SSSR count). The number of aliphatic hydroxyl groups is 1. The van der Waals surface area contributed by atoms with Gasteiger partial charge in [-0.25, -0.2) is 9.78 Å². The number of phenols is 1. The van der Waals surface area contributed by atoms with Crippen molar-refractivity contribution in [3.05, 3.63) is 56.9 Å². The van der Waals surface area contributed by atoms with Crippen molar-refractivity contribution >= 4 is 23.3 Å². The van der Waals surface area contributed by atoms with Gasteiger partial charge in [0.05, 0.1) is 29.0 Å². The van der Waals surface area contributed by atoms with E-state index in [9.17, 15) is 19.8 Å². The van der Waals surface area contributed by atoms with E-state index in [1.54, 1.807) is 29.7 Å². The summed E-state index contributed by atoms with van der Waals surface area (Å²) < 4.78 is 6.79. The van der Waals surface area contributed by atoms with Crippen molar-refractivity contribution in [3.8, 4) is 17.1 Å². The number of cyclic esters (lactones) is 1. The van der Waals surface area contributed by atoms with Gasteiger partial charge in [-0.1, -0.05) is 6.92 Å². The quantitative estimate of drug-likeness (QED) is 0.255. The van der Waals surface area contributed by atoms with Crippen LogP contribution in [-0.2, 0) is 39.6 Å². The molecule has 1 atom stereocenters. The number of carboxylic acid groups (broad SMARTS) is 1. The maximum atomic E-state index is 13.4. The van der Waals surface area contributed by atoms with E-state index in [0.717, 1.165) is 48.0 Å². The first-order valence-corrected chi connectivity index (χ1v) is 13.4. The summed E-state index contributed by atoms with van der Waals surface area (Å²) in [6.07, 6.45) is 2.28. The largest absolute Gasteiger partial charge is 0.508 e. The zero-order valence-electron chi connectivity index (χ0n) is 22.9. The molecular weight excluding hydrogens is 516 g/mol. The number of carbonyl (C=O) groups is 2. The summed E-state index contributed by atoms with van der Waals surface area (Å²) in [7, 11) is 4.24. The molecule has 0 amide bonds. The third kappa shape index (κ3) is 4.53. The fourth-order valence-corrected chi connectivity index (χ4v) is 6.08. The third-order valence-corrected chi connectivity index (χ3v) is 8.45.